The van der Waals surface area contributed by atoms with Gasteiger partial charge in [0.05, 0.1) is 28.7 Å². The van der Waals surface area contributed by atoms with Crippen molar-refractivity contribution in [3.63, 3.8) is 0 Å². The van der Waals surface area contributed by atoms with E-state index < -0.39 is 79.4 Å². The van der Waals surface area contributed by atoms with E-state index in [1.54, 1.807) is 0 Å². The van der Waals surface area contributed by atoms with E-state index in [-0.39, 0.29) is 10.8 Å². The van der Waals surface area contributed by atoms with Gasteiger partial charge in [-0.15, -0.1) is 0 Å². The summed E-state index contributed by atoms with van der Waals surface area (Å²) in [5.41, 5.74) is 16.8. The Morgan fingerprint density at radius 1 is 0.217 bits per heavy atom. The quantitative estimate of drug-likeness (QED) is 0.0664. The Labute approximate surface area is 737 Å². The molecule has 0 aliphatic heterocycles. The highest BCUT2D eigenvalue weighted by molar-refractivity contribution is 6.23. The van der Waals surface area contributed by atoms with Crippen LogP contribution in [-0.4, -0.2) is 104 Å². The summed E-state index contributed by atoms with van der Waals surface area (Å²) in [7, 11) is 0. The Hall–Kier alpha value is -11.1. The van der Waals surface area contributed by atoms with Crippen molar-refractivity contribution in [1.29, 1.82) is 0 Å². The van der Waals surface area contributed by atoms with Gasteiger partial charge in [-0.1, -0.05) is 224 Å². The summed E-state index contributed by atoms with van der Waals surface area (Å²) in [6.07, 6.45) is 0. The van der Waals surface area contributed by atoms with Gasteiger partial charge in [0, 0.05) is 60.8 Å². The number of hydrogen-bond acceptors (Lipinski definition) is 15. The van der Waals surface area contributed by atoms with Gasteiger partial charge in [0.1, 0.15) is 56.3 Å². The largest absolute Gasteiger partial charge is 0.881 e. The predicted molar refractivity (Wildman–Crippen MR) is 491 cm³/mol. The third-order valence-corrected chi connectivity index (χ3v) is 23.3. The lowest BCUT2D eigenvalue weighted by molar-refractivity contribution is 0.457. The van der Waals surface area contributed by atoms with Crippen LogP contribution < -0.4 is 37.9 Å². The topological polar surface area (TPSA) is 157 Å². The molecule has 0 atom stereocenters. The van der Waals surface area contributed by atoms with Crippen molar-refractivity contribution in [2.24, 2.45) is 0 Å². The average Bonchev–Trinajstić information content (AvgIpc) is 0.786. The number of aromatic nitrogens is 5. The molecule has 0 aliphatic rings. The second kappa shape index (κ2) is 40.8. The van der Waals surface area contributed by atoms with Crippen LogP contribution in [0.25, 0.3) is 76.1 Å². The molecular formula is C100H93Al5N5O10. The molecule has 0 unspecified atom stereocenters. The van der Waals surface area contributed by atoms with E-state index in [4.69, 9.17) is 37.9 Å². The standard InChI is InChI=1S/C14H22O.5C10H9NO.2C10H8O.2C8H10O.5Al/c1-13(2,3)10-7-11(14(4,5)6)9-12(15)8-10;5*1-7-5-6-8-3-2-4-9(12)10(8)11-7;11-10-7-3-5-8-4-1-2-6-9(8)10;11-10-6-5-8-3-1-2-4-9(8)7-10;1-6-3-7(2)5-8(9)4-6;1-6-4-3-5-8(9)7(6)2;;;;;/h7-9,15H,1-6H3;5*2-6,12H,1H3;2*1-7,11H;2*3-5,9H,1-2H3;;;;;/q;;;;;;;;;;5*+2/p-10. The van der Waals surface area contributed by atoms with E-state index >= 15 is 0 Å². The zero-order chi connectivity index (χ0) is 84.3. The van der Waals surface area contributed by atoms with Gasteiger partial charge < -0.3 is 37.9 Å². The molecule has 15 nitrogen and oxygen atoms in total. The lowest BCUT2D eigenvalue weighted by Gasteiger charge is -2.26. The van der Waals surface area contributed by atoms with Crippen molar-refractivity contribution in [3.05, 3.63) is 353 Å². The van der Waals surface area contributed by atoms with Gasteiger partial charge in [-0.2, -0.15) is 0 Å². The van der Waals surface area contributed by atoms with Crippen molar-refractivity contribution in [2.75, 3.05) is 0 Å². The van der Waals surface area contributed by atoms with Crippen molar-refractivity contribution >= 4 is 155 Å². The lowest BCUT2D eigenvalue weighted by atomic mass is 9.80. The molecule has 5 radical (unpaired) electrons. The average molecular weight is 1660 g/mol. The number of para-hydroxylation sites is 5. The Morgan fingerprint density at radius 2 is 0.508 bits per heavy atom. The van der Waals surface area contributed by atoms with Crippen molar-refractivity contribution in [2.45, 2.75) is 115 Å². The molecule has 5 aromatic heterocycles. The summed E-state index contributed by atoms with van der Waals surface area (Å²) in [6.45, 7) is 31.6. The monoisotopic (exact) mass is 1660 g/mol. The van der Waals surface area contributed by atoms with Crippen LogP contribution in [0.1, 0.15) is 103 Å². The minimum Gasteiger partial charge on any atom is -0.616 e. The van der Waals surface area contributed by atoms with E-state index in [2.05, 4.69) is 191 Å². The third-order valence-electron chi connectivity index (χ3n) is 19.7. The Balaban J connectivity index is 0.000000130. The maximum absolute atomic E-state index is 6.09. The second-order valence-electron chi connectivity index (χ2n) is 31.3. The van der Waals surface area contributed by atoms with Crippen LogP contribution in [0, 0.1) is 62.3 Å². The van der Waals surface area contributed by atoms with Crippen LogP contribution in [0.2, 0.25) is 0 Å². The number of nitrogens with zero attached hydrogens (tertiary/aromatic N) is 5. The van der Waals surface area contributed by atoms with E-state index in [1.807, 2.05) is 229 Å². The number of benzene rings is 12. The summed E-state index contributed by atoms with van der Waals surface area (Å²) < 4.78 is 59.0. The molecular weight excluding hydrogens is 1570 g/mol. The van der Waals surface area contributed by atoms with Gasteiger partial charge in [0.25, 0.3) is 0 Å². The molecule has 593 valence electrons. The molecule has 0 amide bonds. The van der Waals surface area contributed by atoms with Gasteiger partial charge in [0.2, 0.25) is 0 Å². The first-order valence-corrected chi connectivity index (χ1v) is 44.5. The molecule has 17 aromatic rings. The minimum atomic E-state index is -0.689. The fraction of sp³-hybridized carbons (Fsp3) is 0.170. The van der Waals surface area contributed by atoms with E-state index in [9.17, 15) is 0 Å². The van der Waals surface area contributed by atoms with Crippen LogP contribution in [-0.2, 0) is 10.8 Å². The first-order chi connectivity index (χ1) is 57.9. The molecule has 0 saturated heterocycles. The van der Waals surface area contributed by atoms with Crippen molar-refractivity contribution in [3.8, 4) is 57.5 Å². The predicted octanol–water partition coefficient (Wildman–Crippen LogP) is 23.8. The van der Waals surface area contributed by atoms with Crippen molar-refractivity contribution < 1.29 is 37.9 Å². The number of aryl methyl sites for hydroxylation is 8. The summed E-state index contributed by atoms with van der Waals surface area (Å²) in [4.78, 5) is 22.9. The third kappa shape index (κ3) is 23.7. The molecule has 0 bridgehead atoms. The Kier molecular flexibility index (Phi) is 29.4. The normalized spacial score (nSPS) is 11.0. The highest BCUT2D eigenvalue weighted by atomic mass is 27.2. The lowest BCUT2D eigenvalue weighted by Crippen LogP contribution is -2.18. The maximum atomic E-state index is 6.09. The molecule has 120 heavy (non-hydrogen) atoms. The number of hydrogen-bond donors (Lipinski definition) is 0. The second-order valence-corrected chi connectivity index (χ2v) is 34.6. The van der Waals surface area contributed by atoms with E-state index in [0.717, 1.165) is 162 Å². The molecule has 0 aliphatic carbocycles. The van der Waals surface area contributed by atoms with Crippen LogP contribution in [0.3, 0.4) is 0 Å². The van der Waals surface area contributed by atoms with Crippen molar-refractivity contribution in [1.82, 2.24) is 24.9 Å². The summed E-state index contributed by atoms with van der Waals surface area (Å²) in [6, 6.07) is 97.5. The fourth-order valence-electron chi connectivity index (χ4n) is 13.1. The van der Waals surface area contributed by atoms with Gasteiger partial charge in [-0.3, -0.25) is 0 Å². The maximum Gasteiger partial charge on any atom is 0.881 e. The SMILES string of the molecule is Cc1cc(C)cc([O][Al][O]c2cccc3ccc(C)nc23)c1.Cc1ccc2cccc([O][Al][O]c3cc(C(C)(C)C)cc(C(C)(C)C)c3)c2n1.Cc1ccc2cccc([O][Al][O]c3ccc4ccccc4c3)c2n1.Cc1ccc2cccc([O][Al][O]c3cccc(C)c3C)c2n1.Cc1ccc2cccc([O][Al][O]c3cccc4ccccc34)c2n1. The van der Waals surface area contributed by atoms with Gasteiger partial charge >= 0.3 is 79.4 Å². The molecule has 0 N–H and O–H groups in total. The summed E-state index contributed by atoms with van der Waals surface area (Å²) in [5, 5.41) is 10.0. The van der Waals surface area contributed by atoms with Crippen LogP contribution >= 0.6 is 0 Å². The zero-order valence-corrected chi connectivity index (χ0v) is 76.2. The smallest absolute Gasteiger partial charge is 0.616 e. The fourth-order valence-corrected chi connectivity index (χ4v) is 16.3. The summed E-state index contributed by atoms with van der Waals surface area (Å²) in [5.74, 6) is 8.17. The van der Waals surface area contributed by atoms with Gasteiger partial charge in [-0.25, -0.2) is 24.9 Å². The molecule has 0 spiro atoms. The Morgan fingerprint density at radius 3 is 0.908 bits per heavy atom. The Bertz CT molecular complexity index is 6380. The molecule has 12 aromatic carbocycles. The van der Waals surface area contributed by atoms with E-state index in [1.165, 1.54) is 33.2 Å². The zero-order valence-electron chi connectivity index (χ0n) is 70.4. The molecule has 0 fully saturated rings. The van der Waals surface area contributed by atoms with Gasteiger partial charge in [0.15, 0.2) is 0 Å². The number of rotatable bonds is 20. The highest BCUT2D eigenvalue weighted by Crippen LogP contribution is 2.36. The van der Waals surface area contributed by atoms with E-state index in [0.29, 0.717) is 0 Å². The molecule has 0 saturated carbocycles. The van der Waals surface area contributed by atoms with Crippen LogP contribution in [0.15, 0.2) is 291 Å². The number of fused-ring (bicyclic) bond motifs is 7. The number of pyridine rings is 5. The summed E-state index contributed by atoms with van der Waals surface area (Å²) >= 11 is -3.28. The van der Waals surface area contributed by atoms with Crippen LogP contribution in [0.4, 0.5) is 0 Å². The van der Waals surface area contributed by atoms with Gasteiger partial charge in [-0.05, 0) is 232 Å². The minimum absolute atomic E-state index is 0.0621. The first kappa shape index (κ1) is 86.7. The molecule has 20 heteroatoms. The molecule has 17 rings (SSSR count). The molecule has 5 heterocycles. The van der Waals surface area contributed by atoms with Crippen LogP contribution in [0.5, 0.6) is 57.5 Å². The first-order valence-electron chi connectivity index (χ1n) is 39.8. The highest BCUT2D eigenvalue weighted by Gasteiger charge is 2.23.